The molecule has 0 amide bonds. The molecule has 0 aliphatic heterocycles. The first-order chi connectivity index (χ1) is 9.76. The van der Waals surface area contributed by atoms with Crippen LogP contribution in [0, 0.1) is 11.8 Å². The second-order valence-electron chi connectivity index (χ2n) is 6.64. The van der Waals surface area contributed by atoms with Gasteiger partial charge in [0.05, 0.1) is 0 Å². The molecular formula is C18H26ClN. The number of nitrogens with one attached hydrogen (secondary N) is 1. The van der Waals surface area contributed by atoms with Gasteiger partial charge in [-0.05, 0) is 61.6 Å². The molecule has 0 aromatic heterocycles. The minimum atomic E-state index is 0.455. The molecule has 2 aliphatic rings. The molecule has 2 aliphatic carbocycles. The van der Waals surface area contributed by atoms with Gasteiger partial charge in [0.2, 0.25) is 0 Å². The SMILES string of the molecule is CCC(NC1CCCC(C2CC2)C1)c1cccc(Cl)c1. The van der Waals surface area contributed by atoms with Crippen molar-refractivity contribution >= 4 is 11.6 Å². The van der Waals surface area contributed by atoms with Gasteiger partial charge in [-0.1, -0.05) is 43.5 Å². The Morgan fingerprint density at radius 2 is 2.05 bits per heavy atom. The molecule has 0 heterocycles. The summed E-state index contributed by atoms with van der Waals surface area (Å²) in [6.07, 6.45) is 9.72. The van der Waals surface area contributed by atoms with E-state index in [1.807, 2.05) is 6.07 Å². The molecule has 110 valence electrons. The van der Waals surface area contributed by atoms with Gasteiger partial charge in [0.25, 0.3) is 0 Å². The molecule has 1 nitrogen and oxygen atoms in total. The van der Waals surface area contributed by atoms with E-state index >= 15 is 0 Å². The maximum atomic E-state index is 6.13. The Balaban J connectivity index is 1.62. The number of hydrogen-bond acceptors (Lipinski definition) is 1. The number of benzene rings is 1. The third kappa shape index (κ3) is 3.56. The fourth-order valence-corrected chi connectivity index (χ4v) is 4.03. The fraction of sp³-hybridized carbons (Fsp3) is 0.667. The lowest BCUT2D eigenvalue weighted by Gasteiger charge is -2.33. The Morgan fingerprint density at radius 1 is 1.20 bits per heavy atom. The lowest BCUT2D eigenvalue weighted by molar-refractivity contribution is 0.244. The van der Waals surface area contributed by atoms with Gasteiger partial charge < -0.3 is 5.32 Å². The van der Waals surface area contributed by atoms with E-state index in [1.165, 1.54) is 44.1 Å². The molecule has 3 rings (SSSR count). The Hall–Kier alpha value is -0.530. The molecule has 20 heavy (non-hydrogen) atoms. The molecule has 1 aromatic carbocycles. The van der Waals surface area contributed by atoms with Crippen molar-refractivity contribution in [2.24, 2.45) is 11.8 Å². The summed E-state index contributed by atoms with van der Waals surface area (Å²) in [5.74, 6) is 2.06. The number of hydrogen-bond donors (Lipinski definition) is 1. The molecule has 2 heteroatoms. The van der Waals surface area contributed by atoms with E-state index < -0.39 is 0 Å². The highest BCUT2D eigenvalue weighted by Crippen LogP contribution is 2.44. The van der Waals surface area contributed by atoms with Crippen molar-refractivity contribution in [3.63, 3.8) is 0 Å². The highest BCUT2D eigenvalue weighted by atomic mass is 35.5. The Kier molecular flexibility index (Phi) is 4.68. The Morgan fingerprint density at radius 3 is 2.75 bits per heavy atom. The van der Waals surface area contributed by atoms with Gasteiger partial charge in [0, 0.05) is 17.1 Å². The Labute approximate surface area is 128 Å². The Bertz CT molecular complexity index is 441. The van der Waals surface area contributed by atoms with Crippen molar-refractivity contribution in [3.05, 3.63) is 34.9 Å². The lowest BCUT2D eigenvalue weighted by Crippen LogP contribution is -2.37. The van der Waals surface area contributed by atoms with Crippen LogP contribution in [0.15, 0.2) is 24.3 Å². The molecule has 1 N–H and O–H groups in total. The van der Waals surface area contributed by atoms with Gasteiger partial charge in [-0.15, -0.1) is 0 Å². The van der Waals surface area contributed by atoms with Crippen LogP contribution in [0.4, 0.5) is 0 Å². The number of rotatable bonds is 5. The van der Waals surface area contributed by atoms with E-state index in [4.69, 9.17) is 11.6 Å². The highest BCUT2D eigenvalue weighted by Gasteiger charge is 2.35. The van der Waals surface area contributed by atoms with Crippen LogP contribution in [0.1, 0.15) is 63.5 Å². The van der Waals surface area contributed by atoms with Gasteiger partial charge in [-0.25, -0.2) is 0 Å². The van der Waals surface area contributed by atoms with E-state index in [-0.39, 0.29) is 0 Å². The van der Waals surface area contributed by atoms with Crippen LogP contribution in [0.3, 0.4) is 0 Å². The number of halogens is 1. The fourth-order valence-electron chi connectivity index (χ4n) is 3.83. The summed E-state index contributed by atoms with van der Waals surface area (Å²) in [5.41, 5.74) is 1.34. The molecule has 0 saturated heterocycles. The van der Waals surface area contributed by atoms with E-state index in [2.05, 4.69) is 30.4 Å². The summed E-state index contributed by atoms with van der Waals surface area (Å²) in [6, 6.07) is 9.50. The van der Waals surface area contributed by atoms with Crippen molar-refractivity contribution < 1.29 is 0 Å². The summed E-state index contributed by atoms with van der Waals surface area (Å²) < 4.78 is 0. The van der Waals surface area contributed by atoms with Crippen molar-refractivity contribution in [1.29, 1.82) is 0 Å². The van der Waals surface area contributed by atoms with Crippen LogP contribution < -0.4 is 5.32 Å². The van der Waals surface area contributed by atoms with Crippen molar-refractivity contribution in [2.45, 2.75) is 64.0 Å². The zero-order valence-electron chi connectivity index (χ0n) is 12.4. The van der Waals surface area contributed by atoms with E-state index in [1.54, 1.807) is 0 Å². The van der Waals surface area contributed by atoms with Crippen LogP contribution >= 0.6 is 11.6 Å². The third-order valence-electron chi connectivity index (χ3n) is 5.10. The standard InChI is InChI=1S/C18H26ClN/c1-2-18(15-6-3-7-16(19)11-15)20-17-8-4-5-14(12-17)13-9-10-13/h3,6-7,11,13-14,17-18,20H,2,4-5,8-10,12H2,1H3. The van der Waals surface area contributed by atoms with Gasteiger partial charge in [0.1, 0.15) is 0 Å². The molecule has 0 spiro atoms. The van der Waals surface area contributed by atoms with Gasteiger partial charge in [-0.2, -0.15) is 0 Å². The average Bonchev–Trinajstić information content (AvgIpc) is 3.30. The summed E-state index contributed by atoms with van der Waals surface area (Å²) in [4.78, 5) is 0. The maximum Gasteiger partial charge on any atom is 0.0409 e. The minimum absolute atomic E-state index is 0.455. The summed E-state index contributed by atoms with van der Waals surface area (Å²) in [7, 11) is 0. The largest absolute Gasteiger partial charge is 0.307 e. The van der Waals surface area contributed by atoms with E-state index in [0.29, 0.717) is 12.1 Å². The van der Waals surface area contributed by atoms with Crippen LogP contribution in [-0.4, -0.2) is 6.04 Å². The maximum absolute atomic E-state index is 6.13. The predicted octanol–water partition coefficient (Wildman–Crippen LogP) is 5.35. The minimum Gasteiger partial charge on any atom is -0.307 e. The molecule has 0 bridgehead atoms. The first-order valence-corrected chi connectivity index (χ1v) is 8.65. The van der Waals surface area contributed by atoms with Gasteiger partial charge >= 0.3 is 0 Å². The summed E-state index contributed by atoms with van der Waals surface area (Å²) in [5, 5.41) is 4.75. The molecule has 2 saturated carbocycles. The second kappa shape index (κ2) is 6.49. The van der Waals surface area contributed by atoms with E-state index in [9.17, 15) is 0 Å². The lowest BCUT2D eigenvalue weighted by atomic mass is 9.82. The van der Waals surface area contributed by atoms with Crippen molar-refractivity contribution in [1.82, 2.24) is 5.32 Å². The normalized spacial score (nSPS) is 28.3. The van der Waals surface area contributed by atoms with Crippen LogP contribution in [-0.2, 0) is 0 Å². The molecular weight excluding hydrogens is 266 g/mol. The molecule has 0 radical (unpaired) electrons. The van der Waals surface area contributed by atoms with Crippen LogP contribution in [0.5, 0.6) is 0 Å². The summed E-state index contributed by atoms with van der Waals surface area (Å²) >= 11 is 6.13. The van der Waals surface area contributed by atoms with Crippen LogP contribution in [0.2, 0.25) is 5.02 Å². The average molecular weight is 292 g/mol. The van der Waals surface area contributed by atoms with Gasteiger partial charge in [-0.3, -0.25) is 0 Å². The van der Waals surface area contributed by atoms with Crippen molar-refractivity contribution in [3.8, 4) is 0 Å². The zero-order valence-corrected chi connectivity index (χ0v) is 13.2. The quantitative estimate of drug-likeness (QED) is 0.771. The monoisotopic (exact) mass is 291 g/mol. The highest BCUT2D eigenvalue weighted by molar-refractivity contribution is 6.30. The first kappa shape index (κ1) is 14.4. The first-order valence-electron chi connectivity index (χ1n) is 8.27. The molecule has 3 unspecified atom stereocenters. The second-order valence-corrected chi connectivity index (χ2v) is 7.08. The van der Waals surface area contributed by atoms with E-state index in [0.717, 1.165) is 23.3 Å². The third-order valence-corrected chi connectivity index (χ3v) is 5.33. The topological polar surface area (TPSA) is 12.0 Å². The van der Waals surface area contributed by atoms with Gasteiger partial charge in [0.15, 0.2) is 0 Å². The zero-order chi connectivity index (χ0) is 13.9. The molecule has 2 fully saturated rings. The molecule has 3 atom stereocenters. The van der Waals surface area contributed by atoms with Crippen molar-refractivity contribution in [2.75, 3.05) is 0 Å². The summed E-state index contributed by atoms with van der Waals surface area (Å²) in [6.45, 7) is 2.26. The van der Waals surface area contributed by atoms with Crippen LogP contribution in [0.25, 0.3) is 0 Å². The predicted molar refractivity (Wildman–Crippen MR) is 86.1 cm³/mol. The molecule has 1 aromatic rings. The smallest absolute Gasteiger partial charge is 0.0409 e.